The number of hydrogen-bond acceptors (Lipinski definition) is 3. The molecule has 0 aromatic carbocycles. The van der Waals surface area contributed by atoms with Gasteiger partial charge in [-0.15, -0.1) is 0 Å². The molecule has 2 aromatic rings. The first-order valence-corrected chi connectivity index (χ1v) is 8.08. The first kappa shape index (κ1) is 15.1. The molecule has 6 heteroatoms. The monoisotopic (exact) mass is 326 g/mol. The van der Waals surface area contributed by atoms with Crippen LogP contribution in [0.2, 0.25) is 10.3 Å². The van der Waals surface area contributed by atoms with Crippen LogP contribution in [-0.4, -0.2) is 20.9 Å². The minimum atomic E-state index is 0.207. The van der Waals surface area contributed by atoms with Crippen LogP contribution < -0.4 is 5.32 Å². The van der Waals surface area contributed by atoms with Gasteiger partial charge >= 0.3 is 0 Å². The summed E-state index contributed by atoms with van der Waals surface area (Å²) in [5, 5.41) is 4.52. The molecule has 114 valence electrons. The second-order valence-electron chi connectivity index (χ2n) is 6.55. The highest BCUT2D eigenvalue weighted by atomic mass is 35.5. The van der Waals surface area contributed by atoms with E-state index in [1.807, 2.05) is 6.20 Å². The van der Waals surface area contributed by atoms with Crippen LogP contribution in [0.5, 0.6) is 0 Å². The minimum absolute atomic E-state index is 0.207. The van der Waals surface area contributed by atoms with Crippen molar-refractivity contribution in [1.82, 2.24) is 19.7 Å². The molecule has 1 fully saturated rings. The summed E-state index contributed by atoms with van der Waals surface area (Å²) in [5.74, 6) is 1.03. The zero-order valence-electron chi connectivity index (χ0n) is 12.5. The molecule has 0 bridgehead atoms. The summed E-state index contributed by atoms with van der Waals surface area (Å²) in [6, 6.07) is 1.84. The third kappa shape index (κ3) is 2.77. The Morgan fingerprint density at radius 3 is 2.86 bits per heavy atom. The second kappa shape index (κ2) is 5.41. The average molecular weight is 327 g/mol. The Kier molecular flexibility index (Phi) is 3.89. The molecule has 3 heterocycles. The molecule has 0 saturated carbocycles. The van der Waals surface area contributed by atoms with Crippen molar-refractivity contribution in [3.05, 3.63) is 28.3 Å². The molecular weight excluding hydrogens is 307 g/mol. The van der Waals surface area contributed by atoms with Gasteiger partial charge in [0.25, 0.3) is 0 Å². The summed E-state index contributed by atoms with van der Waals surface area (Å²) >= 11 is 12.2. The maximum Gasteiger partial charge on any atom is 0.236 e. The lowest BCUT2D eigenvalue weighted by Crippen LogP contribution is -2.32. The molecule has 0 radical (unpaired) electrons. The van der Waals surface area contributed by atoms with E-state index < -0.39 is 0 Å². The Labute approximate surface area is 134 Å². The summed E-state index contributed by atoms with van der Waals surface area (Å²) < 4.78 is 1.79. The van der Waals surface area contributed by atoms with Crippen LogP contribution in [0.3, 0.4) is 0 Å². The lowest BCUT2D eigenvalue weighted by atomic mass is 9.73. The average Bonchev–Trinajstić information content (AvgIpc) is 2.76. The molecule has 3 rings (SSSR count). The number of imidazole rings is 1. The van der Waals surface area contributed by atoms with Crippen molar-refractivity contribution >= 4 is 29.0 Å². The third-order valence-electron chi connectivity index (χ3n) is 4.79. The highest BCUT2D eigenvalue weighted by Crippen LogP contribution is 2.41. The number of fused-ring (bicyclic) bond motifs is 1. The van der Waals surface area contributed by atoms with Gasteiger partial charge in [-0.25, -0.2) is 9.97 Å². The predicted molar refractivity (Wildman–Crippen MR) is 85.9 cm³/mol. The number of aromatic nitrogens is 3. The van der Waals surface area contributed by atoms with Gasteiger partial charge < -0.3 is 5.32 Å². The molecule has 2 aromatic heterocycles. The molecule has 21 heavy (non-hydrogen) atoms. The van der Waals surface area contributed by atoms with Crippen LogP contribution in [0.1, 0.15) is 45.3 Å². The Morgan fingerprint density at radius 1 is 1.33 bits per heavy atom. The van der Waals surface area contributed by atoms with Gasteiger partial charge in [-0.3, -0.25) is 4.40 Å². The molecule has 0 aliphatic carbocycles. The summed E-state index contributed by atoms with van der Waals surface area (Å²) in [4.78, 5) is 8.88. The molecule has 2 unspecified atom stereocenters. The number of hydrogen-bond donors (Lipinski definition) is 1. The Bertz CT molecular complexity index is 665. The van der Waals surface area contributed by atoms with Gasteiger partial charge in [-0.05, 0) is 30.7 Å². The van der Waals surface area contributed by atoms with Gasteiger partial charge in [-0.2, -0.15) is 0 Å². The van der Waals surface area contributed by atoms with Crippen LogP contribution in [0.4, 0.5) is 0 Å². The molecule has 1 aliphatic rings. The van der Waals surface area contributed by atoms with Gasteiger partial charge in [0.1, 0.15) is 10.3 Å². The van der Waals surface area contributed by atoms with Crippen molar-refractivity contribution in [3.63, 3.8) is 0 Å². The fourth-order valence-electron chi connectivity index (χ4n) is 3.09. The van der Waals surface area contributed by atoms with Crippen molar-refractivity contribution in [3.8, 4) is 0 Å². The molecular formula is C15H20Cl2N4. The normalized spacial score (nSPS) is 26.0. The van der Waals surface area contributed by atoms with Crippen molar-refractivity contribution in [2.45, 2.75) is 39.7 Å². The van der Waals surface area contributed by atoms with Gasteiger partial charge in [0.15, 0.2) is 0 Å². The quantitative estimate of drug-likeness (QED) is 0.801. The smallest absolute Gasteiger partial charge is 0.236 e. The van der Waals surface area contributed by atoms with E-state index in [-0.39, 0.29) is 11.5 Å². The summed E-state index contributed by atoms with van der Waals surface area (Å²) in [6.07, 6.45) is 4.37. The topological polar surface area (TPSA) is 42.2 Å². The summed E-state index contributed by atoms with van der Waals surface area (Å²) in [6.45, 7) is 7.95. The van der Waals surface area contributed by atoms with Crippen molar-refractivity contribution in [2.24, 2.45) is 11.3 Å². The molecule has 1 aliphatic heterocycles. The second-order valence-corrected chi connectivity index (χ2v) is 7.32. The van der Waals surface area contributed by atoms with E-state index in [0.717, 1.165) is 12.2 Å². The molecule has 1 N–H and O–H groups in total. The van der Waals surface area contributed by atoms with E-state index in [2.05, 4.69) is 36.1 Å². The molecule has 0 amide bonds. The van der Waals surface area contributed by atoms with Crippen LogP contribution in [0.25, 0.3) is 5.78 Å². The van der Waals surface area contributed by atoms with Gasteiger partial charge in [-0.1, -0.05) is 44.0 Å². The van der Waals surface area contributed by atoms with Crippen molar-refractivity contribution in [1.29, 1.82) is 0 Å². The van der Waals surface area contributed by atoms with Crippen molar-refractivity contribution < 1.29 is 0 Å². The number of halogens is 2. The SMILES string of the molecule is CC1C(c2cn3c(Cl)cc(Cl)nc3n2)NCCCC1(C)C. The van der Waals surface area contributed by atoms with Gasteiger partial charge in [0, 0.05) is 12.3 Å². The highest BCUT2D eigenvalue weighted by molar-refractivity contribution is 6.33. The van der Waals surface area contributed by atoms with E-state index >= 15 is 0 Å². The van der Waals surface area contributed by atoms with Gasteiger partial charge in [0.2, 0.25) is 5.78 Å². The zero-order valence-corrected chi connectivity index (χ0v) is 14.0. The molecule has 1 saturated heterocycles. The summed E-state index contributed by atoms with van der Waals surface area (Å²) in [5.41, 5.74) is 1.26. The zero-order chi connectivity index (χ0) is 15.2. The molecule has 2 atom stereocenters. The molecule has 0 spiro atoms. The first-order valence-electron chi connectivity index (χ1n) is 7.33. The van der Waals surface area contributed by atoms with Crippen molar-refractivity contribution in [2.75, 3.05) is 6.54 Å². The number of rotatable bonds is 1. The summed E-state index contributed by atoms with van der Waals surface area (Å²) in [7, 11) is 0. The lowest BCUT2D eigenvalue weighted by molar-refractivity contribution is 0.184. The van der Waals surface area contributed by atoms with E-state index in [4.69, 9.17) is 23.2 Å². The first-order chi connectivity index (χ1) is 9.88. The standard InChI is InChI=1S/C15H20Cl2N4/c1-9-13(18-6-4-5-15(9,2)3)10-8-21-12(17)7-11(16)20-14(21)19-10/h7-9,13,18H,4-6H2,1-3H3. The van der Waals surface area contributed by atoms with Crippen LogP contribution in [-0.2, 0) is 0 Å². The number of nitrogens with one attached hydrogen (secondary N) is 1. The maximum atomic E-state index is 6.22. The minimum Gasteiger partial charge on any atom is -0.308 e. The van der Waals surface area contributed by atoms with Gasteiger partial charge in [0.05, 0.1) is 11.7 Å². The fourth-order valence-corrected chi connectivity index (χ4v) is 3.55. The van der Waals surface area contributed by atoms with E-state index in [9.17, 15) is 0 Å². The molecule has 4 nitrogen and oxygen atoms in total. The number of nitrogens with zero attached hydrogens (tertiary/aromatic N) is 3. The Balaban J connectivity index is 2.04. The van der Waals surface area contributed by atoms with E-state index in [1.54, 1.807) is 10.5 Å². The van der Waals surface area contributed by atoms with E-state index in [0.29, 0.717) is 22.0 Å². The maximum absolute atomic E-state index is 6.22. The Hall–Kier alpha value is -0.840. The Morgan fingerprint density at radius 2 is 2.10 bits per heavy atom. The highest BCUT2D eigenvalue weighted by Gasteiger charge is 2.36. The van der Waals surface area contributed by atoms with Crippen LogP contribution >= 0.6 is 23.2 Å². The third-order valence-corrected chi connectivity index (χ3v) is 5.28. The van der Waals surface area contributed by atoms with Crippen LogP contribution in [0.15, 0.2) is 12.3 Å². The largest absolute Gasteiger partial charge is 0.308 e. The van der Waals surface area contributed by atoms with Crippen LogP contribution in [0, 0.1) is 11.3 Å². The lowest BCUT2D eigenvalue weighted by Gasteiger charge is -2.34. The van der Waals surface area contributed by atoms with E-state index in [1.165, 1.54) is 12.8 Å². The predicted octanol–water partition coefficient (Wildman–Crippen LogP) is 4.12. The fraction of sp³-hybridized carbons (Fsp3) is 0.600.